The highest BCUT2D eigenvalue weighted by molar-refractivity contribution is 5.83. The third-order valence-corrected chi connectivity index (χ3v) is 5.56. The SMILES string of the molecule is CC(C)N(C(=O)Oc1cn(-c2ccc(Cn3ccnn3)cc2)c2cc(F)c(F)cc2c1=O)C(C)C. The van der Waals surface area contributed by atoms with Gasteiger partial charge in [-0.1, -0.05) is 17.3 Å². The molecule has 0 aliphatic heterocycles. The van der Waals surface area contributed by atoms with E-state index >= 15 is 0 Å². The topological polar surface area (TPSA) is 82.2 Å². The Bertz CT molecular complexity index is 1410. The molecule has 0 N–H and O–H groups in total. The summed E-state index contributed by atoms with van der Waals surface area (Å²) < 4.78 is 36.9. The minimum Gasteiger partial charge on any atom is -0.404 e. The summed E-state index contributed by atoms with van der Waals surface area (Å²) in [5.74, 6) is -2.55. The van der Waals surface area contributed by atoms with Crippen LogP contribution in [0.15, 0.2) is 59.8 Å². The number of halogens is 2. The van der Waals surface area contributed by atoms with Crippen molar-refractivity contribution in [1.82, 2.24) is 24.5 Å². The molecule has 0 aliphatic rings. The molecule has 0 bridgehead atoms. The van der Waals surface area contributed by atoms with Gasteiger partial charge in [-0.3, -0.25) is 4.79 Å². The molecule has 4 aromatic rings. The van der Waals surface area contributed by atoms with Gasteiger partial charge in [0.25, 0.3) is 0 Å². The second kappa shape index (κ2) is 9.65. The van der Waals surface area contributed by atoms with Gasteiger partial charge in [-0.2, -0.15) is 0 Å². The van der Waals surface area contributed by atoms with Gasteiger partial charge in [0.15, 0.2) is 17.4 Å². The molecule has 35 heavy (non-hydrogen) atoms. The molecular formula is C25H25F2N5O3. The molecule has 0 saturated heterocycles. The van der Waals surface area contributed by atoms with Crippen LogP contribution in [-0.4, -0.2) is 42.6 Å². The molecule has 1 amide bonds. The third-order valence-electron chi connectivity index (χ3n) is 5.56. The van der Waals surface area contributed by atoms with E-state index in [2.05, 4.69) is 10.3 Å². The van der Waals surface area contributed by atoms with Gasteiger partial charge < -0.3 is 14.2 Å². The summed E-state index contributed by atoms with van der Waals surface area (Å²) >= 11 is 0. The Morgan fingerprint density at radius 1 is 1.06 bits per heavy atom. The summed E-state index contributed by atoms with van der Waals surface area (Å²) in [6.45, 7) is 7.82. The number of carbonyl (C=O) groups excluding carboxylic acids is 1. The highest BCUT2D eigenvalue weighted by atomic mass is 19.2. The molecule has 0 spiro atoms. The lowest BCUT2D eigenvalue weighted by atomic mass is 10.1. The van der Waals surface area contributed by atoms with Crippen LogP contribution in [-0.2, 0) is 6.54 Å². The van der Waals surface area contributed by atoms with E-state index in [0.717, 1.165) is 17.7 Å². The predicted molar refractivity (Wildman–Crippen MR) is 127 cm³/mol. The van der Waals surface area contributed by atoms with E-state index in [9.17, 15) is 18.4 Å². The minimum absolute atomic E-state index is 0.110. The van der Waals surface area contributed by atoms with Crippen LogP contribution in [0.4, 0.5) is 13.6 Å². The van der Waals surface area contributed by atoms with Crippen molar-refractivity contribution in [2.75, 3.05) is 0 Å². The van der Waals surface area contributed by atoms with Crippen LogP contribution < -0.4 is 10.2 Å². The summed E-state index contributed by atoms with van der Waals surface area (Å²) in [5.41, 5.74) is 0.921. The number of fused-ring (bicyclic) bond motifs is 1. The van der Waals surface area contributed by atoms with Crippen molar-refractivity contribution in [1.29, 1.82) is 0 Å². The summed E-state index contributed by atoms with van der Waals surface area (Å²) in [5, 5.41) is 7.60. The molecule has 0 unspecified atom stereocenters. The van der Waals surface area contributed by atoms with E-state index in [1.165, 1.54) is 15.7 Å². The maximum absolute atomic E-state index is 14.1. The van der Waals surface area contributed by atoms with E-state index in [-0.39, 0.29) is 28.7 Å². The fourth-order valence-electron chi connectivity index (χ4n) is 4.01. The van der Waals surface area contributed by atoms with Crippen LogP contribution in [0, 0.1) is 11.6 Å². The number of amides is 1. The van der Waals surface area contributed by atoms with Crippen LogP contribution in [0.1, 0.15) is 33.3 Å². The number of ether oxygens (including phenoxy) is 1. The summed E-state index contributed by atoms with van der Waals surface area (Å²) in [4.78, 5) is 27.4. The van der Waals surface area contributed by atoms with Crippen LogP contribution in [0.25, 0.3) is 16.6 Å². The molecule has 0 saturated carbocycles. The van der Waals surface area contributed by atoms with Crippen molar-refractivity contribution in [3.05, 3.63) is 82.4 Å². The fraction of sp³-hybridized carbons (Fsp3) is 0.280. The molecule has 2 aromatic heterocycles. The number of hydrogen-bond acceptors (Lipinski definition) is 5. The molecule has 2 aromatic carbocycles. The number of nitrogens with zero attached hydrogens (tertiary/aromatic N) is 5. The molecular weight excluding hydrogens is 456 g/mol. The van der Waals surface area contributed by atoms with Crippen LogP contribution in [0.5, 0.6) is 5.75 Å². The maximum atomic E-state index is 14.1. The molecule has 8 nitrogen and oxygen atoms in total. The van der Waals surface area contributed by atoms with E-state index < -0.39 is 23.2 Å². The number of carbonyl (C=O) groups is 1. The van der Waals surface area contributed by atoms with E-state index in [1.807, 2.05) is 39.8 Å². The Morgan fingerprint density at radius 3 is 2.31 bits per heavy atom. The zero-order valence-corrected chi connectivity index (χ0v) is 19.8. The molecule has 2 heterocycles. The number of hydrogen-bond donors (Lipinski definition) is 0. The lowest BCUT2D eigenvalue weighted by Crippen LogP contribution is -2.44. The quantitative estimate of drug-likeness (QED) is 0.404. The van der Waals surface area contributed by atoms with Gasteiger partial charge in [0, 0.05) is 30.0 Å². The van der Waals surface area contributed by atoms with Crippen molar-refractivity contribution in [2.24, 2.45) is 0 Å². The normalized spacial score (nSPS) is 11.4. The third kappa shape index (κ3) is 4.91. The van der Waals surface area contributed by atoms with Gasteiger partial charge in [0.1, 0.15) is 0 Å². The lowest BCUT2D eigenvalue weighted by Gasteiger charge is -2.29. The first kappa shape index (κ1) is 24.1. The largest absolute Gasteiger partial charge is 0.415 e. The zero-order chi connectivity index (χ0) is 25.3. The summed E-state index contributed by atoms with van der Waals surface area (Å²) in [6, 6.07) is 8.63. The Balaban J connectivity index is 1.80. The predicted octanol–water partition coefficient (Wildman–Crippen LogP) is 4.53. The van der Waals surface area contributed by atoms with Crippen molar-refractivity contribution >= 4 is 17.0 Å². The first-order valence-electron chi connectivity index (χ1n) is 11.1. The molecule has 0 fully saturated rings. The highest BCUT2D eigenvalue weighted by Gasteiger charge is 2.24. The van der Waals surface area contributed by atoms with Crippen LogP contribution in [0.3, 0.4) is 0 Å². The minimum atomic E-state index is -1.17. The standard InChI is InChI=1S/C25H25F2N5O3/c1-15(2)32(16(3)4)25(34)35-23-14-31(22-12-21(27)20(26)11-19(22)24(23)33)18-7-5-17(6-8-18)13-30-10-9-28-29-30/h5-12,14-16H,13H2,1-4H3. The Morgan fingerprint density at radius 2 is 1.71 bits per heavy atom. The highest BCUT2D eigenvalue weighted by Crippen LogP contribution is 2.24. The second-order valence-corrected chi connectivity index (χ2v) is 8.71. The monoisotopic (exact) mass is 481 g/mol. The summed E-state index contributed by atoms with van der Waals surface area (Å²) in [7, 11) is 0. The molecule has 4 rings (SSSR count). The maximum Gasteiger partial charge on any atom is 0.415 e. The second-order valence-electron chi connectivity index (χ2n) is 8.71. The van der Waals surface area contributed by atoms with E-state index in [0.29, 0.717) is 12.2 Å². The van der Waals surface area contributed by atoms with Crippen molar-refractivity contribution in [3.63, 3.8) is 0 Å². The van der Waals surface area contributed by atoms with Crippen molar-refractivity contribution in [3.8, 4) is 11.4 Å². The van der Waals surface area contributed by atoms with Gasteiger partial charge in [-0.25, -0.2) is 18.3 Å². The first-order chi connectivity index (χ1) is 16.7. The average molecular weight is 482 g/mol. The van der Waals surface area contributed by atoms with Crippen LogP contribution >= 0.6 is 0 Å². The van der Waals surface area contributed by atoms with Gasteiger partial charge in [0.2, 0.25) is 5.43 Å². The first-order valence-corrected chi connectivity index (χ1v) is 11.1. The van der Waals surface area contributed by atoms with Crippen LogP contribution in [0.2, 0.25) is 0 Å². The van der Waals surface area contributed by atoms with Gasteiger partial charge in [-0.15, -0.1) is 5.10 Å². The molecule has 10 heteroatoms. The molecule has 0 atom stereocenters. The van der Waals surface area contributed by atoms with Gasteiger partial charge in [0.05, 0.1) is 29.8 Å². The Hall–Kier alpha value is -4.08. The Kier molecular flexibility index (Phi) is 6.63. The fourth-order valence-corrected chi connectivity index (χ4v) is 4.01. The molecule has 0 aliphatic carbocycles. The molecule has 0 radical (unpaired) electrons. The molecule has 182 valence electrons. The lowest BCUT2D eigenvalue weighted by molar-refractivity contribution is 0.122. The average Bonchev–Trinajstić information content (AvgIpc) is 3.30. The van der Waals surface area contributed by atoms with Gasteiger partial charge >= 0.3 is 6.09 Å². The van der Waals surface area contributed by atoms with Crippen molar-refractivity contribution in [2.45, 2.75) is 46.3 Å². The summed E-state index contributed by atoms with van der Waals surface area (Å²) in [6.07, 6.45) is 3.93. The number of aromatic nitrogens is 4. The van der Waals surface area contributed by atoms with E-state index in [4.69, 9.17) is 4.74 Å². The number of benzene rings is 2. The van der Waals surface area contributed by atoms with Crippen molar-refractivity contribution < 1.29 is 18.3 Å². The van der Waals surface area contributed by atoms with E-state index in [1.54, 1.807) is 29.2 Å². The number of rotatable bonds is 6. The Labute approximate surface area is 200 Å². The smallest absolute Gasteiger partial charge is 0.404 e. The van der Waals surface area contributed by atoms with Gasteiger partial charge in [-0.05, 0) is 51.5 Å². The zero-order valence-electron chi connectivity index (χ0n) is 19.8. The number of pyridine rings is 1.